The number of hydrogen-bond acceptors (Lipinski definition) is 2. The minimum absolute atomic E-state index is 0.864. The van der Waals surface area contributed by atoms with Gasteiger partial charge in [0.15, 0.2) is 0 Å². The van der Waals surface area contributed by atoms with Crippen LogP contribution in [-0.4, -0.2) is 9.78 Å². The van der Waals surface area contributed by atoms with E-state index in [1.54, 1.807) is 0 Å². The topological polar surface area (TPSA) is 29.9 Å². The molecule has 21 heavy (non-hydrogen) atoms. The summed E-state index contributed by atoms with van der Waals surface area (Å²) in [6.07, 6.45) is 3.94. The minimum atomic E-state index is 0.864. The van der Waals surface area contributed by atoms with Crippen LogP contribution in [0.2, 0.25) is 0 Å². The van der Waals surface area contributed by atoms with Crippen LogP contribution in [0.5, 0.6) is 0 Å². The maximum atomic E-state index is 4.23. The molecule has 0 aliphatic rings. The molecule has 0 saturated heterocycles. The third kappa shape index (κ3) is 3.58. The summed E-state index contributed by atoms with van der Waals surface area (Å²) in [4.78, 5) is 0. The minimum Gasteiger partial charge on any atom is -0.309 e. The lowest BCUT2D eigenvalue weighted by atomic mass is 10.1. The number of benzene rings is 2. The Kier molecular flexibility index (Phi) is 4.12. The number of nitrogens with one attached hydrogen (secondary N) is 1. The Labute approximate surface area is 125 Å². The Morgan fingerprint density at radius 1 is 0.905 bits per heavy atom. The predicted octanol–water partition coefficient (Wildman–Crippen LogP) is 3.38. The number of rotatable bonds is 5. The molecule has 3 heteroatoms. The Morgan fingerprint density at radius 2 is 1.67 bits per heavy atom. The molecule has 0 aliphatic carbocycles. The smallest absolute Gasteiger partial charge is 0.0568 e. The Balaban J connectivity index is 1.64. The van der Waals surface area contributed by atoms with Gasteiger partial charge in [0, 0.05) is 31.9 Å². The van der Waals surface area contributed by atoms with E-state index in [4.69, 9.17) is 0 Å². The molecule has 0 unspecified atom stereocenters. The van der Waals surface area contributed by atoms with Crippen molar-refractivity contribution in [3.8, 4) is 11.1 Å². The zero-order valence-corrected chi connectivity index (χ0v) is 12.2. The van der Waals surface area contributed by atoms with Crippen LogP contribution >= 0.6 is 0 Å². The number of aryl methyl sites for hydroxylation is 1. The molecule has 0 fully saturated rings. The monoisotopic (exact) mass is 277 g/mol. The first-order valence-electron chi connectivity index (χ1n) is 7.14. The van der Waals surface area contributed by atoms with Crippen LogP contribution in [0.3, 0.4) is 0 Å². The molecule has 0 amide bonds. The first-order valence-corrected chi connectivity index (χ1v) is 7.14. The standard InChI is InChI=1S/C18H19N3/c1-21-14-18(13-20-21)17-9-5-8-16(10-17)12-19-11-15-6-3-2-4-7-15/h2-10,13-14,19H,11-12H2,1H3. The third-order valence-corrected chi connectivity index (χ3v) is 3.47. The molecule has 106 valence electrons. The summed E-state index contributed by atoms with van der Waals surface area (Å²) < 4.78 is 1.83. The summed E-state index contributed by atoms with van der Waals surface area (Å²) in [5.41, 5.74) is 4.96. The molecule has 0 atom stereocenters. The molecular formula is C18H19N3. The van der Waals surface area contributed by atoms with Crippen LogP contribution in [0.4, 0.5) is 0 Å². The van der Waals surface area contributed by atoms with Crippen molar-refractivity contribution >= 4 is 0 Å². The summed E-state index contributed by atoms with van der Waals surface area (Å²) in [5.74, 6) is 0. The van der Waals surface area contributed by atoms with Gasteiger partial charge in [-0.15, -0.1) is 0 Å². The van der Waals surface area contributed by atoms with Gasteiger partial charge in [-0.05, 0) is 22.8 Å². The molecule has 1 aromatic heterocycles. The lowest BCUT2D eigenvalue weighted by Crippen LogP contribution is -2.12. The fraction of sp³-hybridized carbons (Fsp3) is 0.167. The Hall–Kier alpha value is -2.39. The molecule has 3 rings (SSSR count). The van der Waals surface area contributed by atoms with E-state index in [2.05, 4.69) is 58.9 Å². The Morgan fingerprint density at radius 3 is 2.43 bits per heavy atom. The van der Waals surface area contributed by atoms with E-state index in [0.717, 1.165) is 18.7 Å². The fourth-order valence-electron chi connectivity index (χ4n) is 2.38. The third-order valence-electron chi connectivity index (χ3n) is 3.47. The van der Waals surface area contributed by atoms with Gasteiger partial charge < -0.3 is 5.32 Å². The van der Waals surface area contributed by atoms with Gasteiger partial charge in [0.05, 0.1) is 6.20 Å². The molecule has 0 bridgehead atoms. The van der Waals surface area contributed by atoms with Crippen molar-refractivity contribution in [2.75, 3.05) is 0 Å². The summed E-state index contributed by atoms with van der Waals surface area (Å²) in [6.45, 7) is 1.75. The van der Waals surface area contributed by atoms with Crippen LogP contribution in [0.1, 0.15) is 11.1 Å². The second kappa shape index (κ2) is 6.37. The van der Waals surface area contributed by atoms with Gasteiger partial charge in [-0.1, -0.05) is 48.5 Å². The van der Waals surface area contributed by atoms with Gasteiger partial charge >= 0.3 is 0 Å². The average molecular weight is 277 g/mol. The lowest BCUT2D eigenvalue weighted by Gasteiger charge is -2.06. The van der Waals surface area contributed by atoms with Crippen LogP contribution in [0.15, 0.2) is 67.0 Å². The van der Waals surface area contributed by atoms with Gasteiger partial charge in [-0.3, -0.25) is 4.68 Å². The number of nitrogens with zero attached hydrogens (tertiary/aromatic N) is 2. The van der Waals surface area contributed by atoms with E-state index < -0.39 is 0 Å². The van der Waals surface area contributed by atoms with E-state index in [-0.39, 0.29) is 0 Å². The zero-order valence-electron chi connectivity index (χ0n) is 12.2. The van der Waals surface area contributed by atoms with Gasteiger partial charge in [-0.2, -0.15) is 5.10 Å². The summed E-state index contributed by atoms with van der Waals surface area (Å²) in [6, 6.07) is 19.0. The van der Waals surface area contributed by atoms with Crippen molar-refractivity contribution in [3.05, 3.63) is 78.1 Å². The first-order chi connectivity index (χ1) is 10.3. The predicted molar refractivity (Wildman–Crippen MR) is 85.6 cm³/mol. The lowest BCUT2D eigenvalue weighted by molar-refractivity contribution is 0.693. The highest BCUT2D eigenvalue weighted by Crippen LogP contribution is 2.19. The highest BCUT2D eigenvalue weighted by molar-refractivity contribution is 5.62. The normalized spacial score (nSPS) is 10.7. The number of aromatic nitrogens is 2. The van der Waals surface area contributed by atoms with Crippen molar-refractivity contribution in [2.24, 2.45) is 7.05 Å². The zero-order chi connectivity index (χ0) is 14.5. The highest BCUT2D eigenvalue weighted by atomic mass is 15.2. The summed E-state index contributed by atoms with van der Waals surface area (Å²) >= 11 is 0. The summed E-state index contributed by atoms with van der Waals surface area (Å²) in [5, 5.41) is 7.71. The molecular weight excluding hydrogens is 258 g/mol. The average Bonchev–Trinajstić information content (AvgIpc) is 2.95. The Bertz CT molecular complexity index is 701. The molecule has 0 spiro atoms. The SMILES string of the molecule is Cn1cc(-c2cccc(CNCc3ccccc3)c2)cn1. The molecule has 3 nitrogen and oxygen atoms in total. The van der Waals surface area contributed by atoms with Crippen molar-refractivity contribution in [1.29, 1.82) is 0 Å². The molecule has 3 aromatic rings. The molecule has 1 heterocycles. The second-order valence-corrected chi connectivity index (χ2v) is 5.19. The van der Waals surface area contributed by atoms with Crippen LogP contribution in [0.25, 0.3) is 11.1 Å². The molecule has 0 saturated carbocycles. The molecule has 1 N–H and O–H groups in total. The second-order valence-electron chi connectivity index (χ2n) is 5.19. The number of hydrogen-bond donors (Lipinski definition) is 1. The molecule has 2 aromatic carbocycles. The van der Waals surface area contributed by atoms with Gasteiger partial charge in [0.1, 0.15) is 0 Å². The quantitative estimate of drug-likeness (QED) is 0.775. The largest absolute Gasteiger partial charge is 0.309 e. The van der Waals surface area contributed by atoms with E-state index in [1.807, 2.05) is 30.2 Å². The van der Waals surface area contributed by atoms with Gasteiger partial charge in [0.2, 0.25) is 0 Å². The maximum Gasteiger partial charge on any atom is 0.0568 e. The summed E-state index contributed by atoms with van der Waals surface area (Å²) in [7, 11) is 1.94. The van der Waals surface area contributed by atoms with Crippen LogP contribution in [-0.2, 0) is 20.1 Å². The first kappa shape index (κ1) is 13.6. The highest BCUT2D eigenvalue weighted by Gasteiger charge is 2.01. The van der Waals surface area contributed by atoms with Crippen molar-refractivity contribution in [3.63, 3.8) is 0 Å². The maximum absolute atomic E-state index is 4.23. The fourth-order valence-corrected chi connectivity index (χ4v) is 2.38. The van der Waals surface area contributed by atoms with Crippen LogP contribution < -0.4 is 5.32 Å². The van der Waals surface area contributed by atoms with Crippen molar-refractivity contribution in [2.45, 2.75) is 13.1 Å². The molecule has 0 radical (unpaired) electrons. The van der Waals surface area contributed by atoms with E-state index in [1.165, 1.54) is 16.7 Å². The van der Waals surface area contributed by atoms with E-state index >= 15 is 0 Å². The van der Waals surface area contributed by atoms with Gasteiger partial charge in [0.25, 0.3) is 0 Å². The van der Waals surface area contributed by atoms with Gasteiger partial charge in [-0.25, -0.2) is 0 Å². The van der Waals surface area contributed by atoms with E-state index in [0.29, 0.717) is 0 Å². The molecule has 0 aliphatic heterocycles. The van der Waals surface area contributed by atoms with Crippen molar-refractivity contribution < 1.29 is 0 Å². The van der Waals surface area contributed by atoms with Crippen molar-refractivity contribution in [1.82, 2.24) is 15.1 Å². The van der Waals surface area contributed by atoms with E-state index in [9.17, 15) is 0 Å². The van der Waals surface area contributed by atoms with Crippen LogP contribution in [0, 0.1) is 0 Å².